The molecule has 22 heavy (non-hydrogen) atoms. The Morgan fingerprint density at radius 3 is 2.86 bits per heavy atom. The molecule has 0 spiro atoms. The van der Waals surface area contributed by atoms with Crippen molar-refractivity contribution in [3.8, 4) is 11.5 Å². The molecule has 6 nitrogen and oxygen atoms in total. The van der Waals surface area contributed by atoms with Gasteiger partial charge in [0.1, 0.15) is 0 Å². The predicted molar refractivity (Wildman–Crippen MR) is 87.5 cm³/mol. The normalized spacial score (nSPS) is 13.0. The number of anilines is 1. The Hall–Kier alpha value is -2.02. The Bertz CT molecular complexity index is 536. The van der Waals surface area contributed by atoms with E-state index < -0.39 is 0 Å². The average Bonchev–Trinajstić information content (AvgIpc) is 2.76. The van der Waals surface area contributed by atoms with E-state index in [9.17, 15) is 4.79 Å². The molecule has 1 aliphatic heterocycles. The van der Waals surface area contributed by atoms with E-state index in [-0.39, 0.29) is 5.97 Å². The van der Waals surface area contributed by atoms with E-state index in [0.717, 1.165) is 23.6 Å². The third-order valence-corrected chi connectivity index (χ3v) is 3.32. The van der Waals surface area contributed by atoms with E-state index in [2.05, 4.69) is 15.4 Å². The molecule has 0 aromatic heterocycles. The molecule has 0 radical (unpaired) electrons. The number of thiocarbonyl (C=S) groups is 1. The number of rotatable bonds is 5. The largest absolute Gasteiger partial charge is 0.490 e. The summed E-state index contributed by atoms with van der Waals surface area (Å²) in [5.41, 5.74) is 0.828. The van der Waals surface area contributed by atoms with Gasteiger partial charge in [-0.2, -0.15) is 0 Å². The maximum atomic E-state index is 11.0. The molecule has 0 fully saturated rings. The smallest absolute Gasteiger partial charge is 0.305 e. The van der Waals surface area contributed by atoms with Gasteiger partial charge in [-0.3, -0.25) is 4.79 Å². The number of methoxy groups -OCH3 is 1. The molecule has 1 aromatic carbocycles. The minimum atomic E-state index is -0.219. The lowest BCUT2D eigenvalue weighted by atomic mass is 10.3. The number of nitrogens with one attached hydrogen (secondary N) is 2. The first kappa shape index (κ1) is 16.4. The minimum absolute atomic E-state index is 0.219. The molecule has 0 amide bonds. The van der Waals surface area contributed by atoms with E-state index in [0.29, 0.717) is 37.7 Å². The zero-order valence-electron chi connectivity index (χ0n) is 12.5. The summed E-state index contributed by atoms with van der Waals surface area (Å²) in [6, 6.07) is 5.61. The maximum Gasteiger partial charge on any atom is 0.305 e. The molecule has 2 N–H and O–H groups in total. The van der Waals surface area contributed by atoms with Crippen molar-refractivity contribution in [3.63, 3.8) is 0 Å². The highest BCUT2D eigenvalue weighted by molar-refractivity contribution is 7.80. The lowest BCUT2D eigenvalue weighted by molar-refractivity contribution is -0.140. The molecule has 1 aliphatic rings. The van der Waals surface area contributed by atoms with E-state index in [1.165, 1.54) is 7.11 Å². The van der Waals surface area contributed by atoms with Crippen molar-refractivity contribution in [2.75, 3.05) is 32.2 Å². The van der Waals surface area contributed by atoms with Crippen molar-refractivity contribution in [2.45, 2.75) is 19.3 Å². The molecule has 120 valence electrons. The van der Waals surface area contributed by atoms with Gasteiger partial charge < -0.3 is 24.8 Å². The predicted octanol–water partition coefficient (Wildman–Crippen LogP) is 2.09. The minimum Gasteiger partial charge on any atom is -0.490 e. The Labute approximate surface area is 135 Å². The number of ether oxygens (including phenoxy) is 3. The fourth-order valence-corrected chi connectivity index (χ4v) is 2.17. The van der Waals surface area contributed by atoms with Crippen LogP contribution in [0.4, 0.5) is 5.69 Å². The van der Waals surface area contributed by atoms with Gasteiger partial charge in [0.2, 0.25) is 0 Å². The molecule has 0 unspecified atom stereocenters. The van der Waals surface area contributed by atoms with Crippen LogP contribution in [0.15, 0.2) is 18.2 Å². The monoisotopic (exact) mass is 324 g/mol. The molecule has 1 heterocycles. The van der Waals surface area contributed by atoms with Gasteiger partial charge in [0.05, 0.1) is 20.3 Å². The van der Waals surface area contributed by atoms with E-state index in [4.69, 9.17) is 21.7 Å². The second-order valence-electron chi connectivity index (χ2n) is 4.77. The molecule has 0 atom stereocenters. The molecular formula is C15H20N2O4S. The second kappa shape index (κ2) is 8.43. The summed E-state index contributed by atoms with van der Waals surface area (Å²) in [6.07, 6.45) is 1.91. The summed E-state index contributed by atoms with van der Waals surface area (Å²) in [4.78, 5) is 11.0. The number of esters is 1. The lowest BCUT2D eigenvalue weighted by Crippen LogP contribution is -2.29. The van der Waals surface area contributed by atoms with Crippen LogP contribution in [0.25, 0.3) is 0 Å². The maximum absolute atomic E-state index is 11.0. The first-order chi connectivity index (χ1) is 10.7. The van der Waals surface area contributed by atoms with Crippen molar-refractivity contribution < 1.29 is 19.0 Å². The molecule has 2 rings (SSSR count). The van der Waals surface area contributed by atoms with Crippen LogP contribution in [0.2, 0.25) is 0 Å². The second-order valence-corrected chi connectivity index (χ2v) is 5.18. The van der Waals surface area contributed by atoms with Gasteiger partial charge in [-0.05, 0) is 30.8 Å². The number of hydrogen-bond donors (Lipinski definition) is 2. The van der Waals surface area contributed by atoms with Crippen LogP contribution < -0.4 is 20.1 Å². The van der Waals surface area contributed by atoms with Crippen LogP contribution >= 0.6 is 12.2 Å². The number of benzene rings is 1. The Morgan fingerprint density at radius 1 is 1.32 bits per heavy atom. The van der Waals surface area contributed by atoms with Gasteiger partial charge in [-0.1, -0.05) is 0 Å². The number of carbonyl (C=O) groups is 1. The molecule has 0 aliphatic carbocycles. The zero-order valence-corrected chi connectivity index (χ0v) is 13.3. The number of hydrogen-bond acceptors (Lipinski definition) is 5. The van der Waals surface area contributed by atoms with Crippen LogP contribution in [-0.4, -0.2) is 38.0 Å². The summed E-state index contributed by atoms with van der Waals surface area (Å²) < 4.78 is 15.8. The summed E-state index contributed by atoms with van der Waals surface area (Å²) in [5, 5.41) is 6.63. The fourth-order valence-electron chi connectivity index (χ4n) is 1.95. The van der Waals surface area contributed by atoms with Gasteiger partial charge in [-0.15, -0.1) is 0 Å². The highest BCUT2D eigenvalue weighted by Crippen LogP contribution is 2.32. The zero-order chi connectivity index (χ0) is 15.8. The van der Waals surface area contributed by atoms with Crippen molar-refractivity contribution >= 4 is 29.0 Å². The van der Waals surface area contributed by atoms with Gasteiger partial charge >= 0.3 is 5.97 Å². The first-order valence-corrected chi connectivity index (χ1v) is 7.61. The van der Waals surface area contributed by atoms with Crippen LogP contribution in [-0.2, 0) is 9.53 Å². The van der Waals surface area contributed by atoms with Crippen LogP contribution in [0.1, 0.15) is 19.3 Å². The van der Waals surface area contributed by atoms with Crippen molar-refractivity contribution in [2.24, 2.45) is 0 Å². The van der Waals surface area contributed by atoms with Crippen LogP contribution in [0, 0.1) is 0 Å². The van der Waals surface area contributed by atoms with E-state index in [1.54, 1.807) is 0 Å². The lowest BCUT2D eigenvalue weighted by Gasteiger charge is -2.13. The Balaban J connectivity index is 1.79. The van der Waals surface area contributed by atoms with Gasteiger partial charge in [0, 0.05) is 31.1 Å². The topological polar surface area (TPSA) is 68.8 Å². The van der Waals surface area contributed by atoms with E-state index in [1.807, 2.05) is 18.2 Å². The molecule has 0 saturated heterocycles. The first-order valence-electron chi connectivity index (χ1n) is 7.20. The average molecular weight is 324 g/mol. The Morgan fingerprint density at radius 2 is 2.09 bits per heavy atom. The Kier molecular flexibility index (Phi) is 6.27. The van der Waals surface area contributed by atoms with Gasteiger partial charge in [0.15, 0.2) is 16.6 Å². The third kappa shape index (κ3) is 5.07. The van der Waals surface area contributed by atoms with Crippen molar-refractivity contribution in [3.05, 3.63) is 18.2 Å². The molecule has 1 aromatic rings. The highest BCUT2D eigenvalue weighted by Gasteiger charge is 2.11. The molecule has 7 heteroatoms. The SMILES string of the molecule is COC(=O)CCCNC(=S)Nc1ccc2c(c1)OCCCO2. The van der Waals surface area contributed by atoms with Crippen LogP contribution in [0.5, 0.6) is 11.5 Å². The third-order valence-electron chi connectivity index (χ3n) is 3.08. The van der Waals surface area contributed by atoms with Crippen molar-refractivity contribution in [1.82, 2.24) is 5.32 Å². The van der Waals surface area contributed by atoms with Gasteiger partial charge in [0.25, 0.3) is 0 Å². The fraction of sp³-hybridized carbons (Fsp3) is 0.467. The summed E-state index contributed by atoms with van der Waals surface area (Å²) in [7, 11) is 1.38. The highest BCUT2D eigenvalue weighted by atomic mass is 32.1. The van der Waals surface area contributed by atoms with E-state index >= 15 is 0 Å². The number of carbonyl (C=O) groups excluding carboxylic acids is 1. The molecule has 0 bridgehead atoms. The quantitative estimate of drug-likeness (QED) is 0.488. The molecule has 0 saturated carbocycles. The van der Waals surface area contributed by atoms with Gasteiger partial charge in [-0.25, -0.2) is 0 Å². The van der Waals surface area contributed by atoms with Crippen LogP contribution in [0.3, 0.4) is 0 Å². The van der Waals surface area contributed by atoms with Crippen molar-refractivity contribution in [1.29, 1.82) is 0 Å². The standard InChI is InChI=1S/C15H20N2O4S/c1-19-14(18)4-2-7-16-15(22)17-11-5-6-12-13(10-11)21-9-3-8-20-12/h5-6,10H,2-4,7-9H2,1H3,(H2,16,17,22). The molecular weight excluding hydrogens is 304 g/mol. The summed E-state index contributed by atoms with van der Waals surface area (Å²) >= 11 is 5.21. The number of fused-ring (bicyclic) bond motifs is 1. The summed E-state index contributed by atoms with van der Waals surface area (Å²) in [5.74, 6) is 1.25. The summed E-state index contributed by atoms with van der Waals surface area (Å²) in [6.45, 7) is 1.91.